The summed E-state index contributed by atoms with van der Waals surface area (Å²) >= 11 is 0. The normalized spacial score (nSPS) is 11.3. The Balaban J connectivity index is 2.12. The minimum absolute atomic E-state index is 0.0543. The van der Waals surface area contributed by atoms with E-state index in [9.17, 15) is 9.59 Å². The van der Waals surface area contributed by atoms with E-state index >= 15 is 0 Å². The second kappa shape index (κ2) is 3.70. The Kier molecular flexibility index (Phi) is 2.16. The van der Waals surface area contributed by atoms with Crippen LogP contribution in [0.3, 0.4) is 0 Å². The van der Waals surface area contributed by atoms with Gasteiger partial charge in [-0.2, -0.15) is 0 Å². The lowest BCUT2D eigenvalue weighted by Crippen LogP contribution is -2.08. The average molecular weight is 240 g/mol. The van der Waals surface area contributed by atoms with E-state index < -0.39 is 5.97 Å². The lowest BCUT2D eigenvalue weighted by molar-refractivity contribution is 0.0692. The third kappa shape index (κ3) is 1.55. The third-order valence-electron chi connectivity index (χ3n) is 2.79. The van der Waals surface area contributed by atoms with Crippen LogP contribution in [0.5, 0.6) is 11.5 Å². The van der Waals surface area contributed by atoms with Crippen molar-refractivity contribution in [2.75, 3.05) is 0 Å². The Labute approximate surface area is 102 Å². The molecule has 0 amide bonds. The van der Waals surface area contributed by atoms with Crippen LogP contribution in [0.1, 0.15) is 26.3 Å². The number of carbonyl (C=O) groups excluding carboxylic acids is 1. The van der Waals surface area contributed by atoms with Crippen LogP contribution < -0.4 is 4.74 Å². The molecular weight excluding hydrogens is 232 g/mol. The predicted molar refractivity (Wildman–Crippen MR) is 63.3 cm³/mol. The zero-order valence-electron chi connectivity index (χ0n) is 9.21. The van der Waals surface area contributed by atoms with E-state index in [1.54, 1.807) is 36.4 Å². The van der Waals surface area contributed by atoms with Crippen molar-refractivity contribution < 1.29 is 19.4 Å². The van der Waals surface area contributed by atoms with Crippen LogP contribution in [0, 0.1) is 0 Å². The van der Waals surface area contributed by atoms with E-state index in [-0.39, 0.29) is 16.9 Å². The van der Waals surface area contributed by atoms with E-state index in [2.05, 4.69) is 0 Å². The number of carboxylic acid groups (broad SMARTS) is 1. The number of carboxylic acids is 1. The van der Waals surface area contributed by atoms with Crippen LogP contribution in [0.25, 0.3) is 0 Å². The van der Waals surface area contributed by atoms with Crippen molar-refractivity contribution >= 4 is 11.8 Å². The number of fused-ring (bicyclic) bond motifs is 1. The van der Waals surface area contributed by atoms with Gasteiger partial charge in [0, 0.05) is 11.1 Å². The van der Waals surface area contributed by atoms with Crippen LogP contribution >= 0.6 is 0 Å². The Morgan fingerprint density at radius 3 is 2.39 bits per heavy atom. The molecule has 4 heteroatoms. The number of ketones is 1. The Bertz CT molecular complexity index is 659. The second-order valence-corrected chi connectivity index (χ2v) is 3.92. The molecule has 3 rings (SSSR count). The van der Waals surface area contributed by atoms with Crippen molar-refractivity contribution in [1.29, 1.82) is 0 Å². The molecule has 0 saturated heterocycles. The van der Waals surface area contributed by atoms with Crippen LogP contribution in [-0.4, -0.2) is 16.9 Å². The van der Waals surface area contributed by atoms with Gasteiger partial charge in [-0.1, -0.05) is 30.3 Å². The molecule has 88 valence electrons. The summed E-state index contributed by atoms with van der Waals surface area (Å²) in [6, 6.07) is 11.7. The van der Waals surface area contributed by atoms with Gasteiger partial charge in [-0.25, -0.2) is 4.79 Å². The highest BCUT2D eigenvalue weighted by molar-refractivity contribution is 6.16. The fraction of sp³-hybridized carbons (Fsp3) is 0. The number of ether oxygens (including phenoxy) is 1. The molecule has 0 bridgehead atoms. The molecule has 18 heavy (non-hydrogen) atoms. The molecule has 4 nitrogen and oxygen atoms in total. The molecule has 0 spiro atoms. The summed E-state index contributed by atoms with van der Waals surface area (Å²) in [6.07, 6.45) is 0. The van der Waals surface area contributed by atoms with Crippen LogP contribution in [0.15, 0.2) is 42.5 Å². The van der Waals surface area contributed by atoms with Gasteiger partial charge in [0.2, 0.25) is 0 Å². The molecule has 0 unspecified atom stereocenters. The van der Waals surface area contributed by atoms with Gasteiger partial charge in [-0.15, -0.1) is 0 Å². The molecule has 1 N–H and O–H groups in total. The second-order valence-electron chi connectivity index (χ2n) is 3.92. The van der Waals surface area contributed by atoms with Crippen molar-refractivity contribution in [1.82, 2.24) is 0 Å². The average Bonchev–Trinajstić information content (AvgIpc) is 3.16. The van der Waals surface area contributed by atoms with Gasteiger partial charge in [0.25, 0.3) is 0 Å². The highest BCUT2D eigenvalue weighted by atomic mass is 16.6. The monoisotopic (exact) mass is 240 g/mol. The van der Waals surface area contributed by atoms with Crippen molar-refractivity contribution in [3.63, 3.8) is 0 Å². The highest BCUT2D eigenvalue weighted by Crippen LogP contribution is 2.49. The fourth-order valence-corrected chi connectivity index (χ4v) is 1.88. The first-order valence-corrected chi connectivity index (χ1v) is 5.36. The zero-order valence-corrected chi connectivity index (χ0v) is 9.21. The van der Waals surface area contributed by atoms with Crippen molar-refractivity contribution in [2.24, 2.45) is 0 Å². The van der Waals surface area contributed by atoms with E-state index in [1.807, 2.05) is 0 Å². The quantitative estimate of drug-likeness (QED) is 0.564. The SMILES string of the molecule is O=C(c1ccccc1)c1ccc2c(c1C(=O)O)O2. The summed E-state index contributed by atoms with van der Waals surface area (Å²) < 4.78 is 5.02. The van der Waals surface area contributed by atoms with Crippen molar-refractivity contribution in [3.05, 3.63) is 59.2 Å². The summed E-state index contributed by atoms with van der Waals surface area (Å²) in [5.74, 6) is -0.642. The van der Waals surface area contributed by atoms with E-state index in [4.69, 9.17) is 9.84 Å². The minimum Gasteiger partial charge on any atom is -0.478 e. The first-order chi connectivity index (χ1) is 8.68. The molecule has 0 saturated carbocycles. The van der Waals surface area contributed by atoms with Gasteiger partial charge in [-0.05, 0) is 12.1 Å². The lowest BCUT2D eigenvalue weighted by atomic mass is 9.98. The molecule has 0 fully saturated rings. The lowest BCUT2D eigenvalue weighted by Gasteiger charge is -2.02. The minimum atomic E-state index is -1.15. The molecule has 0 radical (unpaired) electrons. The molecule has 0 aromatic heterocycles. The van der Waals surface area contributed by atoms with Gasteiger partial charge >= 0.3 is 5.97 Å². The molecule has 2 aromatic rings. The smallest absolute Gasteiger partial charge is 0.340 e. The number of carbonyl (C=O) groups is 2. The van der Waals surface area contributed by atoms with Gasteiger partial charge in [0.05, 0.1) is 0 Å². The van der Waals surface area contributed by atoms with Gasteiger partial charge < -0.3 is 9.84 Å². The summed E-state index contributed by atoms with van der Waals surface area (Å²) in [5, 5.41) is 9.14. The van der Waals surface area contributed by atoms with Crippen molar-refractivity contribution in [3.8, 4) is 11.5 Å². The third-order valence-corrected chi connectivity index (χ3v) is 2.79. The Morgan fingerprint density at radius 2 is 1.72 bits per heavy atom. The maximum Gasteiger partial charge on any atom is 0.340 e. The number of rotatable bonds is 3. The summed E-state index contributed by atoms with van der Waals surface area (Å²) in [5.41, 5.74) is 0.562. The first-order valence-electron chi connectivity index (χ1n) is 5.36. The standard InChI is InChI=1S/C14H8O4/c15-12(8-4-2-1-3-5-8)9-6-7-10-13(18-10)11(9)14(16)17/h1-7H,(H,16,17). The van der Waals surface area contributed by atoms with Crippen LogP contribution in [-0.2, 0) is 0 Å². The van der Waals surface area contributed by atoms with E-state index in [0.29, 0.717) is 17.1 Å². The van der Waals surface area contributed by atoms with E-state index in [0.717, 1.165) is 0 Å². The maximum atomic E-state index is 12.2. The largest absolute Gasteiger partial charge is 0.478 e. The molecule has 0 aliphatic carbocycles. The number of aromatic carboxylic acids is 1. The molecule has 2 aromatic carbocycles. The van der Waals surface area contributed by atoms with Gasteiger partial charge in [-0.3, -0.25) is 4.79 Å². The Morgan fingerprint density at radius 1 is 1.00 bits per heavy atom. The molecule has 0 atom stereocenters. The molecule has 1 heterocycles. The number of hydrogen-bond acceptors (Lipinski definition) is 3. The molecule has 1 aliphatic heterocycles. The molecule has 1 aliphatic rings. The van der Waals surface area contributed by atoms with E-state index in [1.165, 1.54) is 6.07 Å². The highest BCUT2D eigenvalue weighted by Gasteiger charge is 2.33. The van der Waals surface area contributed by atoms with Gasteiger partial charge in [0.15, 0.2) is 17.3 Å². The summed E-state index contributed by atoms with van der Waals surface area (Å²) in [6.45, 7) is 0. The molecular formula is C14H8O4. The topological polar surface area (TPSA) is 66.9 Å². The fourth-order valence-electron chi connectivity index (χ4n) is 1.88. The zero-order chi connectivity index (χ0) is 12.7. The number of benzene rings is 2. The Hall–Kier alpha value is -2.62. The van der Waals surface area contributed by atoms with Gasteiger partial charge in [0.1, 0.15) is 5.56 Å². The van der Waals surface area contributed by atoms with Crippen LogP contribution in [0.4, 0.5) is 0 Å². The van der Waals surface area contributed by atoms with Crippen molar-refractivity contribution in [2.45, 2.75) is 0 Å². The van der Waals surface area contributed by atoms with Crippen LogP contribution in [0.2, 0.25) is 0 Å². The first kappa shape index (κ1) is 10.5. The summed E-state index contributed by atoms with van der Waals surface area (Å²) in [7, 11) is 0. The maximum absolute atomic E-state index is 12.2. The summed E-state index contributed by atoms with van der Waals surface area (Å²) in [4.78, 5) is 23.4. The predicted octanol–water partition coefficient (Wildman–Crippen LogP) is 2.72. The number of hydrogen-bond donors (Lipinski definition) is 1.